The molecule has 0 aliphatic heterocycles. The van der Waals surface area contributed by atoms with Gasteiger partial charge in [0.25, 0.3) is 0 Å². The molecule has 1 rings (SSSR count). The first-order chi connectivity index (χ1) is 7.33. The van der Waals surface area contributed by atoms with E-state index in [1.807, 2.05) is 18.2 Å². The zero-order chi connectivity index (χ0) is 10.9. The van der Waals surface area contributed by atoms with Gasteiger partial charge in [-0.2, -0.15) is 0 Å². The lowest BCUT2D eigenvalue weighted by molar-refractivity contribution is -0.119. The summed E-state index contributed by atoms with van der Waals surface area (Å²) in [6, 6.07) is 10.4. The topological polar surface area (TPSA) is 41.1 Å². The quantitative estimate of drug-likeness (QED) is 0.681. The third-order valence-corrected chi connectivity index (χ3v) is 2.23. The Morgan fingerprint density at radius 1 is 1.27 bits per heavy atom. The van der Waals surface area contributed by atoms with Gasteiger partial charge < -0.3 is 10.6 Å². The van der Waals surface area contributed by atoms with E-state index < -0.39 is 0 Å². The first-order valence-corrected chi connectivity index (χ1v) is 5.28. The molecule has 1 aromatic rings. The summed E-state index contributed by atoms with van der Waals surface area (Å²) in [7, 11) is 1.65. The minimum absolute atomic E-state index is 0.0368. The second-order valence-corrected chi connectivity index (χ2v) is 3.44. The van der Waals surface area contributed by atoms with E-state index >= 15 is 0 Å². The maximum atomic E-state index is 10.9. The van der Waals surface area contributed by atoms with Crippen LogP contribution in [0.1, 0.15) is 12.0 Å². The van der Waals surface area contributed by atoms with E-state index in [9.17, 15) is 4.79 Å². The van der Waals surface area contributed by atoms with Crippen molar-refractivity contribution in [1.29, 1.82) is 0 Å². The zero-order valence-electron chi connectivity index (χ0n) is 9.12. The Balaban J connectivity index is 2.05. The van der Waals surface area contributed by atoms with Crippen LogP contribution in [-0.4, -0.2) is 26.0 Å². The van der Waals surface area contributed by atoms with Crippen molar-refractivity contribution in [1.82, 2.24) is 10.6 Å². The lowest BCUT2D eigenvalue weighted by Gasteiger charge is -2.03. The summed E-state index contributed by atoms with van der Waals surface area (Å²) in [6.07, 6.45) is 2.11. The largest absolute Gasteiger partial charge is 0.358 e. The molecule has 0 radical (unpaired) electrons. The highest BCUT2D eigenvalue weighted by molar-refractivity contribution is 5.77. The monoisotopic (exact) mass is 206 g/mol. The summed E-state index contributed by atoms with van der Waals surface area (Å²) < 4.78 is 0. The molecule has 0 aromatic heterocycles. The Morgan fingerprint density at radius 2 is 2.00 bits per heavy atom. The molecule has 82 valence electrons. The van der Waals surface area contributed by atoms with Crippen molar-refractivity contribution >= 4 is 5.91 Å². The molecule has 2 N–H and O–H groups in total. The molecule has 0 fully saturated rings. The molecule has 0 heterocycles. The van der Waals surface area contributed by atoms with Crippen LogP contribution in [0.5, 0.6) is 0 Å². The smallest absolute Gasteiger partial charge is 0.233 e. The van der Waals surface area contributed by atoms with Crippen molar-refractivity contribution in [3.8, 4) is 0 Å². The molecule has 0 atom stereocenters. The fourth-order valence-electron chi connectivity index (χ4n) is 1.35. The second-order valence-electron chi connectivity index (χ2n) is 3.44. The highest BCUT2D eigenvalue weighted by Crippen LogP contribution is 2.01. The number of hydrogen-bond donors (Lipinski definition) is 2. The Hall–Kier alpha value is -1.35. The van der Waals surface area contributed by atoms with Crippen LogP contribution in [0.15, 0.2) is 30.3 Å². The molecule has 15 heavy (non-hydrogen) atoms. The number of rotatable bonds is 6. The van der Waals surface area contributed by atoms with E-state index in [0.717, 1.165) is 19.4 Å². The maximum absolute atomic E-state index is 10.9. The van der Waals surface area contributed by atoms with E-state index in [4.69, 9.17) is 0 Å². The molecule has 0 spiro atoms. The van der Waals surface area contributed by atoms with Gasteiger partial charge in [0.05, 0.1) is 6.54 Å². The lowest BCUT2D eigenvalue weighted by Crippen LogP contribution is -2.31. The van der Waals surface area contributed by atoms with Crippen LogP contribution in [0, 0.1) is 0 Å². The normalized spacial score (nSPS) is 9.93. The van der Waals surface area contributed by atoms with Gasteiger partial charge in [-0.3, -0.25) is 4.79 Å². The third kappa shape index (κ3) is 5.18. The van der Waals surface area contributed by atoms with Gasteiger partial charge in [0.2, 0.25) is 5.91 Å². The minimum Gasteiger partial charge on any atom is -0.358 e. The van der Waals surface area contributed by atoms with Crippen LogP contribution < -0.4 is 10.6 Å². The van der Waals surface area contributed by atoms with E-state index in [-0.39, 0.29) is 5.91 Å². The predicted octanol–water partition coefficient (Wildman–Crippen LogP) is 0.955. The number of benzene rings is 1. The van der Waals surface area contributed by atoms with Crippen LogP contribution in [0.3, 0.4) is 0 Å². The predicted molar refractivity (Wildman–Crippen MR) is 61.7 cm³/mol. The standard InChI is InChI=1S/C12H18N2O/c1-13-12(15)10-14-9-5-8-11-6-3-2-4-7-11/h2-4,6-7,14H,5,8-10H2,1H3,(H,13,15). The molecular formula is C12H18N2O. The van der Waals surface area contributed by atoms with Crippen LogP contribution in [0.25, 0.3) is 0 Å². The van der Waals surface area contributed by atoms with Crippen molar-refractivity contribution < 1.29 is 4.79 Å². The molecule has 1 aromatic carbocycles. The molecule has 0 saturated heterocycles. The summed E-state index contributed by atoms with van der Waals surface area (Å²) in [5.74, 6) is 0.0368. The van der Waals surface area contributed by atoms with Gasteiger partial charge in [0.1, 0.15) is 0 Å². The van der Waals surface area contributed by atoms with Crippen LogP contribution in [0.2, 0.25) is 0 Å². The van der Waals surface area contributed by atoms with Crippen LogP contribution in [-0.2, 0) is 11.2 Å². The molecule has 3 nitrogen and oxygen atoms in total. The summed E-state index contributed by atoms with van der Waals surface area (Å²) in [4.78, 5) is 10.9. The molecule has 0 bridgehead atoms. The first-order valence-electron chi connectivity index (χ1n) is 5.28. The van der Waals surface area contributed by atoms with Crippen molar-refractivity contribution in [2.45, 2.75) is 12.8 Å². The Bertz CT molecular complexity index is 285. The number of carbonyl (C=O) groups excluding carboxylic acids is 1. The van der Waals surface area contributed by atoms with Gasteiger partial charge in [0.15, 0.2) is 0 Å². The molecule has 0 saturated carbocycles. The third-order valence-electron chi connectivity index (χ3n) is 2.23. The Kier molecular flexibility index (Phi) is 5.48. The fourth-order valence-corrected chi connectivity index (χ4v) is 1.35. The van der Waals surface area contributed by atoms with Crippen molar-refractivity contribution in [3.05, 3.63) is 35.9 Å². The summed E-state index contributed by atoms with van der Waals surface area (Å²) in [5.41, 5.74) is 1.35. The number of hydrogen-bond acceptors (Lipinski definition) is 2. The first kappa shape index (κ1) is 11.7. The molecule has 0 unspecified atom stereocenters. The zero-order valence-corrected chi connectivity index (χ0v) is 9.12. The summed E-state index contributed by atoms with van der Waals surface area (Å²) >= 11 is 0. The van der Waals surface area contributed by atoms with Crippen LogP contribution >= 0.6 is 0 Å². The van der Waals surface area contributed by atoms with Crippen molar-refractivity contribution in [2.75, 3.05) is 20.1 Å². The van der Waals surface area contributed by atoms with Gasteiger partial charge in [-0.05, 0) is 24.9 Å². The van der Waals surface area contributed by atoms with Crippen molar-refractivity contribution in [2.24, 2.45) is 0 Å². The number of carbonyl (C=O) groups is 1. The van der Waals surface area contributed by atoms with Crippen molar-refractivity contribution in [3.63, 3.8) is 0 Å². The number of amides is 1. The molecule has 1 amide bonds. The lowest BCUT2D eigenvalue weighted by atomic mass is 10.1. The molecule has 0 aliphatic carbocycles. The number of nitrogens with one attached hydrogen (secondary N) is 2. The molecular weight excluding hydrogens is 188 g/mol. The summed E-state index contributed by atoms with van der Waals surface area (Å²) in [6.45, 7) is 1.29. The molecule has 0 aliphatic rings. The highest BCUT2D eigenvalue weighted by atomic mass is 16.1. The van der Waals surface area contributed by atoms with Gasteiger partial charge in [0, 0.05) is 7.05 Å². The Morgan fingerprint density at radius 3 is 2.67 bits per heavy atom. The van der Waals surface area contributed by atoms with Gasteiger partial charge in [-0.15, -0.1) is 0 Å². The van der Waals surface area contributed by atoms with Gasteiger partial charge in [-0.1, -0.05) is 30.3 Å². The SMILES string of the molecule is CNC(=O)CNCCCc1ccccc1. The molecule has 3 heteroatoms. The Labute approximate surface area is 90.9 Å². The fraction of sp³-hybridized carbons (Fsp3) is 0.417. The average molecular weight is 206 g/mol. The second kappa shape index (κ2) is 7.01. The van der Waals surface area contributed by atoms with Crippen LogP contribution in [0.4, 0.5) is 0 Å². The van der Waals surface area contributed by atoms with E-state index in [0.29, 0.717) is 6.54 Å². The van der Waals surface area contributed by atoms with Gasteiger partial charge in [-0.25, -0.2) is 0 Å². The maximum Gasteiger partial charge on any atom is 0.233 e. The number of aryl methyl sites for hydroxylation is 1. The van der Waals surface area contributed by atoms with E-state index in [1.54, 1.807) is 7.05 Å². The minimum atomic E-state index is 0.0368. The van der Waals surface area contributed by atoms with E-state index in [2.05, 4.69) is 22.8 Å². The average Bonchev–Trinajstić information content (AvgIpc) is 2.29. The van der Waals surface area contributed by atoms with E-state index in [1.165, 1.54) is 5.56 Å². The number of likely N-dealkylation sites (N-methyl/N-ethyl adjacent to an activating group) is 1. The van der Waals surface area contributed by atoms with Gasteiger partial charge >= 0.3 is 0 Å². The highest BCUT2D eigenvalue weighted by Gasteiger charge is 1.96. The summed E-state index contributed by atoms with van der Waals surface area (Å²) in [5, 5.41) is 5.67.